The van der Waals surface area contributed by atoms with E-state index in [9.17, 15) is 18.0 Å². The lowest BCUT2D eigenvalue weighted by Crippen LogP contribution is -2.41. The van der Waals surface area contributed by atoms with E-state index in [1.807, 2.05) is 18.2 Å². The van der Waals surface area contributed by atoms with Gasteiger partial charge in [0.15, 0.2) is 11.5 Å². The number of rotatable bonds is 7. The normalized spacial score (nSPS) is 14.9. The molecule has 13 heteroatoms. The Bertz CT molecular complexity index is 1580. The summed E-state index contributed by atoms with van der Waals surface area (Å²) in [5.41, 5.74) is 6.67. The molecule has 0 spiro atoms. The van der Waals surface area contributed by atoms with Crippen molar-refractivity contribution in [3.05, 3.63) is 71.5 Å². The molecule has 0 bridgehead atoms. The summed E-state index contributed by atoms with van der Waals surface area (Å²) in [5, 5.41) is 4.52. The van der Waals surface area contributed by atoms with Crippen molar-refractivity contribution in [2.75, 3.05) is 27.3 Å². The first kappa shape index (κ1) is 28.0. The maximum Gasteiger partial charge on any atom is 0.433 e. The van der Waals surface area contributed by atoms with Gasteiger partial charge in [-0.15, -0.1) is 0 Å². The van der Waals surface area contributed by atoms with E-state index in [0.29, 0.717) is 42.6 Å². The van der Waals surface area contributed by atoms with Crippen LogP contribution in [-0.4, -0.2) is 58.8 Å². The van der Waals surface area contributed by atoms with Gasteiger partial charge in [-0.1, -0.05) is 11.2 Å². The van der Waals surface area contributed by atoms with E-state index in [2.05, 4.69) is 20.1 Å². The number of ether oxygens (including phenoxy) is 1. The third kappa shape index (κ3) is 5.57. The molecule has 0 aliphatic carbocycles. The van der Waals surface area contributed by atoms with E-state index in [1.165, 1.54) is 26.4 Å². The van der Waals surface area contributed by atoms with Crippen molar-refractivity contribution in [2.45, 2.75) is 25.6 Å². The molecule has 5 rings (SSSR count). The Labute approximate surface area is 233 Å². The number of carbonyl (C=O) groups excluding carboxylic acids is 1. The average Bonchev–Trinajstić information content (AvgIpc) is 3.43. The van der Waals surface area contributed by atoms with Crippen LogP contribution in [0.1, 0.15) is 40.5 Å². The van der Waals surface area contributed by atoms with Crippen molar-refractivity contribution in [2.24, 2.45) is 16.8 Å². The number of halogens is 3. The van der Waals surface area contributed by atoms with Crippen LogP contribution in [0.2, 0.25) is 0 Å². The van der Waals surface area contributed by atoms with Crippen molar-refractivity contribution in [1.82, 2.24) is 19.9 Å². The lowest BCUT2D eigenvalue weighted by Gasteiger charge is -2.31. The van der Waals surface area contributed by atoms with Crippen LogP contribution in [0.15, 0.2) is 58.2 Å². The molecule has 0 saturated carbocycles. The summed E-state index contributed by atoms with van der Waals surface area (Å²) >= 11 is 0. The van der Waals surface area contributed by atoms with Gasteiger partial charge in [-0.3, -0.25) is 9.78 Å². The van der Waals surface area contributed by atoms with Gasteiger partial charge in [0.05, 0.1) is 19.3 Å². The Morgan fingerprint density at radius 2 is 1.90 bits per heavy atom. The van der Waals surface area contributed by atoms with Crippen LogP contribution in [0, 0.1) is 5.92 Å². The highest BCUT2D eigenvalue weighted by molar-refractivity contribution is 6.01. The number of alkyl halides is 3. The zero-order valence-corrected chi connectivity index (χ0v) is 22.3. The predicted octanol–water partition coefficient (Wildman–Crippen LogP) is 4.67. The van der Waals surface area contributed by atoms with E-state index in [1.54, 1.807) is 17.2 Å². The smallest absolute Gasteiger partial charge is 0.433 e. The molecule has 10 nitrogen and oxygen atoms in total. The first-order valence-corrected chi connectivity index (χ1v) is 12.8. The minimum absolute atomic E-state index is 0.0105. The summed E-state index contributed by atoms with van der Waals surface area (Å²) < 4.78 is 51.1. The molecule has 3 aromatic heterocycles. The van der Waals surface area contributed by atoms with Crippen LogP contribution in [0.3, 0.4) is 0 Å². The average molecular weight is 569 g/mol. The fourth-order valence-corrected chi connectivity index (χ4v) is 4.92. The summed E-state index contributed by atoms with van der Waals surface area (Å²) in [7, 11) is 2.82. The molecule has 0 atom stereocenters. The number of hydrogen-bond donors (Lipinski definition) is 1. The number of fused-ring (bicyclic) bond motifs is 1. The third-order valence-electron chi connectivity index (χ3n) is 6.93. The molecular formula is C28H27F3N6O4. The van der Waals surface area contributed by atoms with Gasteiger partial charge in [-0.25, -0.2) is 9.97 Å². The highest BCUT2D eigenvalue weighted by Gasteiger charge is 2.34. The molecule has 0 unspecified atom stereocenters. The minimum atomic E-state index is -4.63. The number of nitrogens with zero attached hydrogens (tertiary/aromatic N) is 5. The summed E-state index contributed by atoms with van der Waals surface area (Å²) in [5.74, 6) is 0.0584. The monoisotopic (exact) mass is 568 g/mol. The minimum Gasteiger partial charge on any atom is -0.494 e. The van der Waals surface area contributed by atoms with Crippen molar-refractivity contribution in [3.63, 3.8) is 0 Å². The fraction of sp³-hybridized carbons (Fsp3) is 0.321. The Hall–Kier alpha value is -4.52. The first-order valence-electron chi connectivity index (χ1n) is 12.8. The van der Waals surface area contributed by atoms with Crippen molar-refractivity contribution >= 4 is 22.5 Å². The third-order valence-corrected chi connectivity index (χ3v) is 6.93. The molecule has 41 heavy (non-hydrogen) atoms. The van der Waals surface area contributed by atoms with E-state index in [-0.39, 0.29) is 47.0 Å². The number of likely N-dealkylation sites (tertiary alicyclic amines) is 1. The molecule has 1 fully saturated rings. The van der Waals surface area contributed by atoms with Gasteiger partial charge >= 0.3 is 6.18 Å². The number of benzene rings is 1. The van der Waals surface area contributed by atoms with Crippen molar-refractivity contribution in [3.8, 4) is 17.2 Å². The Balaban J connectivity index is 1.41. The molecule has 1 saturated heterocycles. The van der Waals surface area contributed by atoms with E-state index >= 15 is 0 Å². The maximum absolute atomic E-state index is 13.5. The molecule has 2 N–H and O–H groups in total. The Morgan fingerprint density at radius 1 is 1.12 bits per heavy atom. The number of oxime groups is 1. The number of amides is 1. The van der Waals surface area contributed by atoms with E-state index in [4.69, 9.17) is 19.7 Å². The zero-order valence-electron chi connectivity index (χ0n) is 22.3. The maximum atomic E-state index is 13.5. The van der Waals surface area contributed by atoms with Gasteiger partial charge in [-0.05, 0) is 49.2 Å². The van der Waals surface area contributed by atoms with Gasteiger partial charge < -0.3 is 24.6 Å². The lowest BCUT2D eigenvalue weighted by molar-refractivity contribution is -0.140. The number of aromatic nitrogens is 3. The number of methoxy groups -OCH3 is 1. The standard InChI is InChI=1S/C28H27F3N6O4/c1-39-20-8-6-18(17-7-9-22(28(29,30)31)34-24(17)20)26-35-25(21(15-32)41-26)27(38)37-13-10-16(11-14-37)23(36-40-2)19-5-3-4-12-33-19/h3-9,12,16H,10-11,13-15,32H2,1-2H3/b36-23+. The Morgan fingerprint density at radius 3 is 2.54 bits per heavy atom. The number of pyridine rings is 2. The second kappa shape index (κ2) is 11.5. The highest BCUT2D eigenvalue weighted by atomic mass is 19.4. The number of oxazole rings is 1. The lowest BCUT2D eigenvalue weighted by atomic mass is 9.90. The quantitative estimate of drug-likeness (QED) is 0.252. The summed E-state index contributed by atoms with van der Waals surface area (Å²) in [4.78, 5) is 32.9. The second-order valence-electron chi connectivity index (χ2n) is 9.34. The predicted molar refractivity (Wildman–Crippen MR) is 143 cm³/mol. The first-order chi connectivity index (χ1) is 19.7. The summed E-state index contributed by atoms with van der Waals surface area (Å²) in [6, 6.07) is 10.8. The van der Waals surface area contributed by atoms with Gasteiger partial charge in [0, 0.05) is 36.2 Å². The molecule has 4 aromatic rings. The highest BCUT2D eigenvalue weighted by Crippen LogP contribution is 2.37. The molecule has 1 aliphatic heterocycles. The van der Waals surface area contributed by atoms with Gasteiger partial charge in [0.25, 0.3) is 5.91 Å². The molecule has 0 radical (unpaired) electrons. The number of hydrogen-bond acceptors (Lipinski definition) is 9. The van der Waals surface area contributed by atoms with Gasteiger partial charge in [0.1, 0.15) is 29.8 Å². The van der Waals surface area contributed by atoms with E-state index < -0.39 is 11.9 Å². The number of piperidine rings is 1. The van der Waals surface area contributed by atoms with Crippen molar-refractivity contribution in [1.29, 1.82) is 0 Å². The molecule has 1 amide bonds. The molecule has 214 valence electrons. The zero-order chi connectivity index (χ0) is 29.1. The SMILES string of the molecule is CO/N=C(/c1ccccn1)C1CCN(C(=O)c2nc(-c3ccc(OC)c4nc(C(F)(F)F)ccc34)oc2CN)CC1. The van der Waals surface area contributed by atoms with Crippen molar-refractivity contribution < 1.29 is 32.0 Å². The van der Waals surface area contributed by atoms with Crippen LogP contribution < -0.4 is 10.5 Å². The van der Waals surface area contributed by atoms with Crippen LogP contribution in [-0.2, 0) is 17.6 Å². The summed E-state index contributed by atoms with van der Waals surface area (Å²) in [6.07, 6.45) is -1.69. The van der Waals surface area contributed by atoms with Crippen LogP contribution in [0.25, 0.3) is 22.4 Å². The number of carbonyl (C=O) groups is 1. The largest absolute Gasteiger partial charge is 0.494 e. The summed E-state index contributed by atoms with van der Waals surface area (Å²) in [6.45, 7) is 0.765. The van der Waals surface area contributed by atoms with Crippen LogP contribution >= 0.6 is 0 Å². The molecule has 1 aromatic carbocycles. The van der Waals surface area contributed by atoms with E-state index in [0.717, 1.165) is 11.8 Å². The van der Waals surface area contributed by atoms with Crippen LogP contribution in [0.5, 0.6) is 5.75 Å². The molecular weight excluding hydrogens is 541 g/mol. The van der Waals surface area contributed by atoms with Crippen LogP contribution in [0.4, 0.5) is 13.2 Å². The molecule has 4 heterocycles. The second-order valence-corrected chi connectivity index (χ2v) is 9.34. The number of nitrogens with two attached hydrogens (primary N) is 1. The van der Waals surface area contributed by atoms with Gasteiger partial charge in [-0.2, -0.15) is 13.2 Å². The topological polar surface area (TPSA) is 129 Å². The molecule has 1 aliphatic rings. The fourth-order valence-electron chi connectivity index (χ4n) is 4.92. The Kier molecular flexibility index (Phi) is 7.88. The van der Waals surface area contributed by atoms with Gasteiger partial charge in [0.2, 0.25) is 5.89 Å².